The number of hydrogen-bond acceptors (Lipinski definition) is 4. The van der Waals surface area contributed by atoms with Crippen molar-refractivity contribution in [3.8, 4) is 0 Å². The first kappa shape index (κ1) is 22.1. The number of halogens is 2. The largest absolute Gasteiger partial charge is 0.371 e. The van der Waals surface area contributed by atoms with E-state index in [-0.39, 0.29) is 23.0 Å². The van der Waals surface area contributed by atoms with Gasteiger partial charge in [0.2, 0.25) is 11.8 Å². The maximum atomic E-state index is 13.4. The first-order valence-corrected chi connectivity index (χ1v) is 10.7. The molecule has 1 fully saturated rings. The third-order valence-corrected chi connectivity index (χ3v) is 6.09. The van der Waals surface area contributed by atoms with Crippen LogP contribution in [0.25, 0.3) is 0 Å². The number of nitrogens with one attached hydrogen (secondary N) is 2. The quantitative estimate of drug-likeness (QED) is 0.647. The molecule has 1 aliphatic rings. The minimum atomic E-state index is -0.849. The van der Waals surface area contributed by atoms with Gasteiger partial charge in [0.05, 0.1) is 5.25 Å². The molecule has 3 rings (SSSR count). The Morgan fingerprint density at radius 3 is 2.57 bits per heavy atom. The Bertz CT molecular complexity index is 908. The minimum Gasteiger partial charge on any atom is -0.371 e. The van der Waals surface area contributed by atoms with E-state index in [4.69, 9.17) is 0 Å². The van der Waals surface area contributed by atoms with Gasteiger partial charge in [-0.05, 0) is 55.7 Å². The molecule has 1 saturated heterocycles. The van der Waals surface area contributed by atoms with Gasteiger partial charge in [-0.3, -0.25) is 9.59 Å². The Kier molecular flexibility index (Phi) is 7.31. The van der Waals surface area contributed by atoms with E-state index in [1.807, 2.05) is 24.0 Å². The number of rotatable bonds is 7. The molecule has 0 aromatic heterocycles. The van der Waals surface area contributed by atoms with E-state index >= 15 is 0 Å². The summed E-state index contributed by atoms with van der Waals surface area (Å²) in [7, 11) is 0. The van der Waals surface area contributed by atoms with Gasteiger partial charge in [0, 0.05) is 48.9 Å². The van der Waals surface area contributed by atoms with Gasteiger partial charge in [-0.25, -0.2) is 8.78 Å². The molecule has 1 heterocycles. The van der Waals surface area contributed by atoms with Crippen LogP contribution in [0.5, 0.6) is 0 Å². The second kappa shape index (κ2) is 9.93. The molecule has 0 saturated carbocycles. The van der Waals surface area contributed by atoms with E-state index in [0.29, 0.717) is 18.8 Å². The lowest BCUT2D eigenvalue weighted by Gasteiger charge is -2.19. The van der Waals surface area contributed by atoms with Gasteiger partial charge >= 0.3 is 0 Å². The van der Waals surface area contributed by atoms with Gasteiger partial charge < -0.3 is 15.5 Å². The summed E-state index contributed by atoms with van der Waals surface area (Å²) in [6.45, 7) is 5.29. The zero-order valence-electron chi connectivity index (χ0n) is 17.0. The van der Waals surface area contributed by atoms with E-state index in [2.05, 4.69) is 10.6 Å². The number of carbonyl (C=O) groups is 2. The molecule has 0 spiro atoms. The average Bonchev–Trinajstić information content (AvgIpc) is 3.18. The Labute approximate surface area is 179 Å². The van der Waals surface area contributed by atoms with E-state index in [0.717, 1.165) is 29.6 Å². The van der Waals surface area contributed by atoms with Crippen LogP contribution >= 0.6 is 11.8 Å². The van der Waals surface area contributed by atoms with Crippen LogP contribution in [-0.2, 0) is 9.59 Å². The molecule has 0 bridgehead atoms. The van der Waals surface area contributed by atoms with E-state index in [9.17, 15) is 18.4 Å². The number of thioether (sulfide) groups is 1. The SMILES string of the molecule is CC(=O)Nc1ccc(SC(C)C(=O)NCC2CCN(c3ccc(F)c(F)c3)C2)cc1. The van der Waals surface area contributed by atoms with Gasteiger partial charge in [0.25, 0.3) is 0 Å². The van der Waals surface area contributed by atoms with Crippen LogP contribution < -0.4 is 15.5 Å². The summed E-state index contributed by atoms with van der Waals surface area (Å²) in [5, 5.41) is 5.44. The first-order valence-electron chi connectivity index (χ1n) is 9.84. The summed E-state index contributed by atoms with van der Waals surface area (Å²) in [5.41, 5.74) is 1.38. The van der Waals surface area contributed by atoms with Crippen molar-refractivity contribution < 1.29 is 18.4 Å². The second-order valence-corrected chi connectivity index (χ2v) is 8.82. The van der Waals surface area contributed by atoms with Crippen molar-refractivity contribution in [2.45, 2.75) is 30.4 Å². The van der Waals surface area contributed by atoms with Crippen molar-refractivity contribution in [1.29, 1.82) is 0 Å². The summed E-state index contributed by atoms with van der Waals surface area (Å²) in [5.74, 6) is -1.61. The number of carbonyl (C=O) groups excluding carboxylic acids is 2. The van der Waals surface area contributed by atoms with Crippen molar-refractivity contribution in [3.05, 3.63) is 54.1 Å². The number of hydrogen-bond donors (Lipinski definition) is 2. The van der Waals surface area contributed by atoms with Gasteiger partial charge in [0.15, 0.2) is 11.6 Å². The summed E-state index contributed by atoms with van der Waals surface area (Å²) in [6, 6.07) is 11.3. The number of anilines is 2. The fourth-order valence-corrected chi connectivity index (χ4v) is 4.27. The normalized spacial score (nSPS) is 16.9. The van der Waals surface area contributed by atoms with Crippen LogP contribution in [0.2, 0.25) is 0 Å². The Balaban J connectivity index is 1.44. The molecule has 160 valence electrons. The molecule has 2 atom stereocenters. The Hall–Kier alpha value is -2.61. The third kappa shape index (κ3) is 5.95. The molecule has 0 aliphatic carbocycles. The van der Waals surface area contributed by atoms with Gasteiger partial charge in [0.1, 0.15) is 0 Å². The van der Waals surface area contributed by atoms with Gasteiger partial charge in [-0.2, -0.15) is 0 Å². The summed E-state index contributed by atoms with van der Waals surface area (Å²) in [4.78, 5) is 26.5. The molecule has 5 nitrogen and oxygen atoms in total. The molecule has 1 aliphatic heterocycles. The molecule has 2 aromatic rings. The molecule has 30 heavy (non-hydrogen) atoms. The zero-order chi connectivity index (χ0) is 21.7. The van der Waals surface area contributed by atoms with E-state index in [1.54, 1.807) is 18.2 Å². The molecular formula is C22H25F2N3O2S. The first-order chi connectivity index (χ1) is 14.3. The topological polar surface area (TPSA) is 61.4 Å². The maximum Gasteiger partial charge on any atom is 0.233 e. The highest BCUT2D eigenvalue weighted by molar-refractivity contribution is 8.00. The van der Waals surface area contributed by atoms with Crippen molar-refractivity contribution in [2.75, 3.05) is 29.9 Å². The maximum absolute atomic E-state index is 13.4. The standard InChI is InChI=1S/C22H25F2N3O2S/c1-14(30-19-6-3-17(4-7-19)26-15(2)28)22(29)25-12-16-9-10-27(13-16)18-5-8-20(23)21(24)11-18/h3-8,11,14,16H,9-10,12-13H2,1-2H3,(H,25,29)(H,26,28). The molecule has 0 radical (unpaired) electrons. The highest BCUT2D eigenvalue weighted by atomic mass is 32.2. The second-order valence-electron chi connectivity index (χ2n) is 7.41. The third-order valence-electron chi connectivity index (χ3n) is 4.98. The van der Waals surface area contributed by atoms with Crippen LogP contribution in [-0.4, -0.2) is 36.7 Å². The van der Waals surface area contributed by atoms with Crippen LogP contribution in [0.4, 0.5) is 20.2 Å². The van der Waals surface area contributed by atoms with Crippen molar-refractivity contribution in [1.82, 2.24) is 5.32 Å². The van der Waals surface area contributed by atoms with Crippen LogP contribution in [0.15, 0.2) is 47.4 Å². The fourth-order valence-electron chi connectivity index (χ4n) is 3.38. The summed E-state index contributed by atoms with van der Waals surface area (Å²) in [6.07, 6.45) is 0.880. The average molecular weight is 434 g/mol. The number of amides is 2. The lowest BCUT2D eigenvalue weighted by molar-refractivity contribution is -0.120. The zero-order valence-corrected chi connectivity index (χ0v) is 17.8. The van der Waals surface area contributed by atoms with Gasteiger partial charge in [-0.15, -0.1) is 11.8 Å². The van der Waals surface area contributed by atoms with Crippen molar-refractivity contribution in [3.63, 3.8) is 0 Å². The highest BCUT2D eigenvalue weighted by Crippen LogP contribution is 2.26. The lowest BCUT2D eigenvalue weighted by Crippen LogP contribution is -2.35. The highest BCUT2D eigenvalue weighted by Gasteiger charge is 2.24. The monoisotopic (exact) mass is 433 g/mol. The van der Waals surface area contributed by atoms with E-state index < -0.39 is 11.6 Å². The lowest BCUT2D eigenvalue weighted by atomic mass is 10.1. The molecule has 2 aromatic carbocycles. The predicted molar refractivity (Wildman–Crippen MR) is 116 cm³/mol. The Morgan fingerprint density at radius 1 is 1.17 bits per heavy atom. The van der Waals surface area contributed by atoms with Crippen molar-refractivity contribution in [2.24, 2.45) is 5.92 Å². The summed E-state index contributed by atoms with van der Waals surface area (Å²) < 4.78 is 26.6. The smallest absolute Gasteiger partial charge is 0.233 e. The Morgan fingerprint density at radius 2 is 1.90 bits per heavy atom. The van der Waals surface area contributed by atoms with Gasteiger partial charge in [-0.1, -0.05) is 0 Å². The minimum absolute atomic E-state index is 0.0442. The van der Waals surface area contributed by atoms with Crippen LogP contribution in [0, 0.1) is 17.6 Å². The van der Waals surface area contributed by atoms with Crippen LogP contribution in [0.3, 0.4) is 0 Å². The van der Waals surface area contributed by atoms with Crippen LogP contribution in [0.1, 0.15) is 20.3 Å². The molecule has 2 amide bonds. The molecule has 2 unspecified atom stereocenters. The fraction of sp³-hybridized carbons (Fsp3) is 0.364. The van der Waals surface area contributed by atoms with E-state index in [1.165, 1.54) is 24.8 Å². The molecule has 2 N–H and O–H groups in total. The number of benzene rings is 2. The molecular weight excluding hydrogens is 408 g/mol. The summed E-state index contributed by atoms with van der Waals surface area (Å²) >= 11 is 1.45. The predicted octanol–water partition coefficient (Wildman–Crippen LogP) is 4.05. The molecule has 8 heteroatoms. The van der Waals surface area contributed by atoms with Crippen molar-refractivity contribution >= 4 is 35.0 Å². The number of nitrogens with zero attached hydrogens (tertiary/aromatic N) is 1.